The highest BCUT2D eigenvalue weighted by atomic mass is 16.5. The Balaban J connectivity index is 1.35. The average molecular weight is 556 g/mol. The number of nitrogen functional groups attached to an aromatic ring is 1. The number of hydrogen-bond acceptors (Lipinski definition) is 7. The van der Waals surface area contributed by atoms with E-state index >= 15 is 0 Å². The van der Waals surface area contributed by atoms with Crippen LogP contribution in [0.4, 0.5) is 5.82 Å². The number of amides is 1. The number of carbonyl (C=O) groups is 1. The van der Waals surface area contributed by atoms with E-state index in [9.17, 15) is 10.1 Å². The molecule has 1 aliphatic rings. The van der Waals surface area contributed by atoms with Gasteiger partial charge in [0.1, 0.15) is 35.3 Å². The number of anilines is 1. The minimum absolute atomic E-state index is 0.0168. The van der Waals surface area contributed by atoms with Gasteiger partial charge in [-0.1, -0.05) is 42.5 Å². The fraction of sp³-hybridized carbons (Fsp3) is 0.152. The molecule has 5 aromatic rings. The molecule has 42 heavy (non-hydrogen) atoms. The summed E-state index contributed by atoms with van der Waals surface area (Å²) in [7, 11) is 0. The van der Waals surface area contributed by atoms with Crippen molar-refractivity contribution >= 4 is 28.8 Å². The summed E-state index contributed by atoms with van der Waals surface area (Å²) in [6.07, 6.45) is 5.06. The summed E-state index contributed by atoms with van der Waals surface area (Å²) in [6, 6.07) is 27.1. The number of nitrogens with one attached hydrogen (secondary N) is 1. The lowest BCUT2D eigenvalue weighted by Crippen LogP contribution is -2.52. The van der Waals surface area contributed by atoms with Crippen molar-refractivity contribution in [2.24, 2.45) is 0 Å². The quantitative estimate of drug-likeness (QED) is 0.218. The number of hydrogen-bond donors (Lipinski definition) is 2. The molecule has 1 atom stereocenters. The van der Waals surface area contributed by atoms with Crippen LogP contribution in [0.1, 0.15) is 12.5 Å². The molecule has 0 aliphatic carbocycles. The van der Waals surface area contributed by atoms with Crippen LogP contribution >= 0.6 is 0 Å². The Morgan fingerprint density at radius 1 is 1.07 bits per heavy atom. The molecule has 6 rings (SSSR count). The van der Waals surface area contributed by atoms with Gasteiger partial charge in [-0.2, -0.15) is 5.26 Å². The summed E-state index contributed by atoms with van der Waals surface area (Å²) in [5.74, 6) is 1.59. The zero-order valence-corrected chi connectivity index (χ0v) is 23.1. The van der Waals surface area contributed by atoms with Crippen LogP contribution in [0.15, 0.2) is 97.0 Å². The van der Waals surface area contributed by atoms with Crippen molar-refractivity contribution in [2.75, 3.05) is 25.4 Å². The van der Waals surface area contributed by atoms with E-state index in [4.69, 9.17) is 10.5 Å². The fourth-order valence-corrected chi connectivity index (χ4v) is 5.20. The zero-order valence-electron chi connectivity index (χ0n) is 23.1. The van der Waals surface area contributed by atoms with Crippen molar-refractivity contribution in [2.45, 2.75) is 13.0 Å². The van der Waals surface area contributed by atoms with E-state index in [1.54, 1.807) is 11.0 Å². The molecule has 0 bridgehead atoms. The van der Waals surface area contributed by atoms with E-state index in [-0.39, 0.29) is 17.5 Å². The smallest absolute Gasteiger partial charge is 0.264 e. The summed E-state index contributed by atoms with van der Waals surface area (Å²) < 4.78 is 7.90. The van der Waals surface area contributed by atoms with E-state index < -0.39 is 0 Å². The number of piperazine rings is 1. The number of nitrogens with two attached hydrogens (primary N) is 1. The normalized spacial score (nSPS) is 15.4. The van der Waals surface area contributed by atoms with Crippen LogP contribution in [-0.4, -0.2) is 51.0 Å². The minimum atomic E-state index is -0.259. The van der Waals surface area contributed by atoms with Gasteiger partial charge in [0.25, 0.3) is 5.91 Å². The third-order valence-corrected chi connectivity index (χ3v) is 7.33. The molecule has 0 spiro atoms. The van der Waals surface area contributed by atoms with Gasteiger partial charge in [-0.15, -0.1) is 0 Å². The summed E-state index contributed by atoms with van der Waals surface area (Å²) in [4.78, 5) is 23.7. The molecule has 0 saturated carbocycles. The van der Waals surface area contributed by atoms with Crippen molar-refractivity contribution in [1.82, 2.24) is 24.8 Å². The standard InChI is InChI=1S/C33H29N7O2/c1-22-19-36-14-15-39(22)33(41)25(18-34)16-23-6-5-7-26(17-23)40-20-29(30-31(35)37-21-38-32(30)40)24-10-12-28(13-11-24)42-27-8-3-2-4-9-27/h2-13,16-17,20-22,36H,14-15,19H2,1H3,(H2,35,37,38). The van der Waals surface area contributed by atoms with Crippen LogP contribution in [0.25, 0.3) is 33.9 Å². The molecule has 3 aromatic carbocycles. The van der Waals surface area contributed by atoms with Crippen LogP contribution in [0.5, 0.6) is 11.5 Å². The van der Waals surface area contributed by atoms with Gasteiger partial charge in [-0.25, -0.2) is 9.97 Å². The SMILES string of the molecule is CC1CNCCN1C(=O)C(C#N)=Cc1cccc(-n2cc(-c3ccc(Oc4ccccc4)cc3)c3c(N)ncnc32)c1. The van der Waals surface area contributed by atoms with E-state index in [0.29, 0.717) is 31.1 Å². The van der Waals surface area contributed by atoms with Crippen molar-refractivity contribution in [3.05, 3.63) is 103 Å². The van der Waals surface area contributed by atoms with Gasteiger partial charge in [0, 0.05) is 43.1 Å². The van der Waals surface area contributed by atoms with Gasteiger partial charge in [0.2, 0.25) is 0 Å². The van der Waals surface area contributed by atoms with Crippen LogP contribution in [0, 0.1) is 11.3 Å². The molecule has 9 heteroatoms. The lowest BCUT2D eigenvalue weighted by molar-refractivity contribution is -0.129. The molecule has 0 radical (unpaired) electrons. The number of nitrogens with zero attached hydrogens (tertiary/aromatic N) is 5. The van der Waals surface area contributed by atoms with Crippen LogP contribution < -0.4 is 15.8 Å². The summed E-state index contributed by atoms with van der Waals surface area (Å²) in [5, 5.41) is 13.8. The van der Waals surface area contributed by atoms with E-state index in [1.807, 2.05) is 96.6 Å². The van der Waals surface area contributed by atoms with Gasteiger partial charge >= 0.3 is 0 Å². The van der Waals surface area contributed by atoms with E-state index in [2.05, 4.69) is 21.4 Å². The maximum atomic E-state index is 13.2. The molecule has 2 aromatic heterocycles. The van der Waals surface area contributed by atoms with Gasteiger partial charge in [-0.05, 0) is 60.5 Å². The Hall–Kier alpha value is -5.46. The highest BCUT2D eigenvalue weighted by Gasteiger charge is 2.25. The first kappa shape index (κ1) is 26.7. The second-order valence-corrected chi connectivity index (χ2v) is 10.1. The zero-order chi connectivity index (χ0) is 29.1. The first-order chi connectivity index (χ1) is 20.5. The first-order valence-corrected chi connectivity index (χ1v) is 13.7. The molecule has 1 fully saturated rings. The number of rotatable bonds is 6. The molecule has 1 aliphatic heterocycles. The van der Waals surface area contributed by atoms with Crippen molar-refractivity contribution in [1.29, 1.82) is 5.26 Å². The third kappa shape index (κ3) is 5.31. The van der Waals surface area contributed by atoms with Gasteiger partial charge in [-0.3, -0.25) is 4.79 Å². The Morgan fingerprint density at radius 2 is 1.86 bits per heavy atom. The second-order valence-electron chi connectivity index (χ2n) is 10.1. The predicted octanol–water partition coefficient (Wildman–Crippen LogP) is 5.19. The Bertz CT molecular complexity index is 1820. The maximum absolute atomic E-state index is 13.2. The monoisotopic (exact) mass is 555 g/mol. The number of ether oxygens (including phenoxy) is 1. The van der Waals surface area contributed by atoms with Crippen molar-refractivity contribution in [3.8, 4) is 34.4 Å². The van der Waals surface area contributed by atoms with Crippen LogP contribution in [0.2, 0.25) is 0 Å². The largest absolute Gasteiger partial charge is 0.457 e. The number of fused-ring (bicyclic) bond motifs is 1. The second kappa shape index (κ2) is 11.6. The molecule has 1 saturated heterocycles. The average Bonchev–Trinajstić information content (AvgIpc) is 3.42. The van der Waals surface area contributed by atoms with Gasteiger partial charge < -0.3 is 25.3 Å². The Morgan fingerprint density at radius 3 is 2.62 bits per heavy atom. The summed E-state index contributed by atoms with van der Waals surface area (Å²) >= 11 is 0. The van der Waals surface area contributed by atoms with Crippen molar-refractivity contribution in [3.63, 3.8) is 0 Å². The molecule has 1 unspecified atom stereocenters. The molecule has 3 N–H and O–H groups in total. The number of benzene rings is 3. The lowest BCUT2D eigenvalue weighted by Gasteiger charge is -2.33. The predicted molar refractivity (Wildman–Crippen MR) is 163 cm³/mol. The van der Waals surface area contributed by atoms with E-state index in [1.165, 1.54) is 6.33 Å². The molecule has 3 heterocycles. The molecular weight excluding hydrogens is 526 g/mol. The third-order valence-electron chi connectivity index (χ3n) is 7.33. The van der Waals surface area contributed by atoms with Gasteiger partial charge in [0.05, 0.1) is 5.39 Å². The highest BCUT2D eigenvalue weighted by Crippen LogP contribution is 2.35. The maximum Gasteiger partial charge on any atom is 0.264 e. The molecule has 9 nitrogen and oxygen atoms in total. The highest BCUT2D eigenvalue weighted by molar-refractivity contribution is 6.03. The molecular formula is C33H29N7O2. The summed E-state index contributed by atoms with van der Waals surface area (Å²) in [5.41, 5.74) is 10.5. The van der Waals surface area contributed by atoms with Gasteiger partial charge in [0.15, 0.2) is 5.65 Å². The number of aromatic nitrogens is 3. The molecule has 1 amide bonds. The number of para-hydroxylation sites is 1. The summed E-state index contributed by atoms with van der Waals surface area (Å²) in [6.45, 7) is 3.96. The van der Waals surface area contributed by atoms with Crippen molar-refractivity contribution < 1.29 is 9.53 Å². The number of nitriles is 1. The molecule has 208 valence electrons. The Kier molecular flexibility index (Phi) is 7.37. The van der Waals surface area contributed by atoms with Crippen LogP contribution in [-0.2, 0) is 4.79 Å². The number of carbonyl (C=O) groups excluding carboxylic acids is 1. The fourth-order valence-electron chi connectivity index (χ4n) is 5.20. The lowest BCUT2D eigenvalue weighted by atomic mass is 10.1. The topological polar surface area (TPSA) is 122 Å². The Labute approximate surface area is 243 Å². The first-order valence-electron chi connectivity index (χ1n) is 13.7. The van der Waals surface area contributed by atoms with Crippen LogP contribution in [0.3, 0.4) is 0 Å². The minimum Gasteiger partial charge on any atom is -0.457 e. The van der Waals surface area contributed by atoms with E-state index in [0.717, 1.165) is 39.3 Å².